The summed E-state index contributed by atoms with van der Waals surface area (Å²) in [6.45, 7) is 2.54. The Morgan fingerprint density at radius 2 is 2.21 bits per heavy atom. The van der Waals surface area contributed by atoms with E-state index in [0.717, 1.165) is 5.56 Å². The molecule has 1 aromatic heterocycles. The summed E-state index contributed by atoms with van der Waals surface area (Å²) in [5, 5.41) is 7.92. The van der Waals surface area contributed by atoms with E-state index in [1.165, 1.54) is 31.3 Å². The molecule has 2 rings (SSSR count). The van der Waals surface area contributed by atoms with Crippen LogP contribution >= 0.6 is 11.3 Å². The Hall–Kier alpha value is -1.40. The summed E-state index contributed by atoms with van der Waals surface area (Å²) in [6.07, 6.45) is 2.82. The number of ether oxygens (including phenoxy) is 1. The molecule has 19 heavy (non-hydrogen) atoms. The fraction of sp³-hybridized carbons (Fsp3) is 0.538. The molecule has 0 bridgehead atoms. The number of rotatable bonds is 6. The highest BCUT2D eigenvalue weighted by atomic mass is 32.1. The number of carbonyl (C=O) groups is 2. The number of thiophene rings is 1. The van der Waals surface area contributed by atoms with Crippen LogP contribution in [0.25, 0.3) is 0 Å². The highest BCUT2D eigenvalue weighted by Gasteiger charge is 2.21. The van der Waals surface area contributed by atoms with Crippen LogP contribution in [-0.2, 0) is 9.53 Å². The lowest BCUT2D eigenvalue weighted by molar-refractivity contribution is -0.116. The van der Waals surface area contributed by atoms with Crippen molar-refractivity contribution in [1.29, 1.82) is 0 Å². The van der Waals surface area contributed by atoms with Gasteiger partial charge in [-0.25, -0.2) is 4.79 Å². The molecule has 0 unspecified atom stereocenters. The Balaban J connectivity index is 1.91. The van der Waals surface area contributed by atoms with E-state index in [0.29, 0.717) is 29.6 Å². The average Bonchev–Trinajstić information content (AvgIpc) is 3.14. The van der Waals surface area contributed by atoms with Gasteiger partial charge in [-0.3, -0.25) is 4.79 Å². The molecule has 0 atom stereocenters. The van der Waals surface area contributed by atoms with Crippen molar-refractivity contribution in [3.8, 4) is 0 Å². The first kappa shape index (κ1) is 14.0. The molecule has 0 aliphatic heterocycles. The molecule has 1 fully saturated rings. The molecule has 0 aromatic carbocycles. The van der Waals surface area contributed by atoms with Crippen molar-refractivity contribution in [3.05, 3.63) is 15.8 Å². The molecule has 1 heterocycles. The molecular weight excluding hydrogens is 264 g/mol. The van der Waals surface area contributed by atoms with E-state index in [-0.39, 0.29) is 5.91 Å². The van der Waals surface area contributed by atoms with Crippen LogP contribution in [0.15, 0.2) is 5.38 Å². The Morgan fingerprint density at radius 3 is 2.84 bits per heavy atom. The molecular formula is C13H18N2O3S. The van der Waals surface area contributed by atoms with Gasteiger partial charge in [-0.15, -0.1) is 11.3 Å². The maximum Gasteiger partial charge on any atom is 0.350 e. The van der Waals surface area contributed by atoms with E-state index in [2.05, 4.69) is 10.6 Å². The van der Waals surface area contributed by atoms with Gasteiger partial charge in [0.05, 0.1) is 12.8 Å². The Kier molecular flexibility index (Phi) is 4.55. The van der Waals surface area contributed by atoms with E-state index in [4.69, 9.17) is 4.74 Å². The first-order valence-corrected chi connectivity index (χ1v) is 7.19. The van der Waals surface area contributed by atoms with Gasteiger partial charge in [0.1, 0.15) is 4.88 Å². The zero-order chi connectivity index (χ0) is 13.8. The standard InChI is InChI=1S/C13H18N2O3S/c1-8-7-19-12(13(17)18-2)11(8)15-10(16)5-6-14-9-3-4-9/h7,9,14H,3-6H2,1-2H3,(H,15,16). The molecule has 1 aliphatic rings. The normalized spacial score (nSPS) is 14.2. The fourth-order valence-electron chi connectivity index (χ4n) is 1.72. The van der Waals surface area contributed by atoms with E-state index >= 15 is 0 Å². The maximum atomic E-state index is 11.8. The molecule has 0 radical (unpaired) electrons. The van der Waals surface area contributed by atoms with E-state index in [1.54, 1.807) is 0 Å². The van der Waals surface area contributed by atoms with Crippen molar-refractivity contribution in [2.24, 2.45) is 0 Å². The second kappa shape index (κ2) is 6.16. The van der Waals surface area contributed by atoms with Crippen molar-refractivity contribution in [2.75, 3.05) is 19.0 Å². The van der Waals surface area contributed by atoms with Gasteiger partial charge < -0.3 is 15.4 Å². The monoisotopic (exact) mass is 282 g/mol. The molecule has 5 nitrogen and oxygen atoms in total. The largest absolute Gasteiger partial charge is 0.465 e. The molecule has 1 aliphatic carbocycles. The summed E-state index contributed by atoms with van der Waals surface area (Å²) in [6, 6.07) is 0.598. The average molecular weight is 282 g/mol. The third-order valence-electron chi connectivity index (χ3n) is 2.97. The van der Waals surface area contributed by atoms with Crippen LogP contribution in [0.3, 0.4) is 0 Å². The van der Waals surface area contributed by atoms with Gasteiger partial charge in [0, 0.05) is 19.0 Å². The Labute approximate surface area is 116 Å². The molecule has 104 valence electrons. The number of hydrogen-bond donors (Lipinski definition) is 2. The summed E-state index contributed by atoms with van der Waals surface area (Å²) < 4.78 is 4.70. The lowest BCUT2D eigenvalue weighted by Crippen LogP contribution is -2.23. The minimum absolute atomic E-state index is 0.0835. The van der Waals surface area contributed by atoms with Crippen molar-refractivity contribution < 1.29 is 14.3 Å². The van der Waals surface area contributed by atoms with E-state index in [9.17, 15) is 9.59 Å². The molecule has 0 spiro atoms. The van der Waals surface area contributed by atoms with E-state index in [1.807, 2.05) is 12.3 Å². The van der Waals surface area contributed by atoms with Crippen LogP contribution in [0, 0.1) is 6.92 Å². The zero-order valence-electron chi connectivity index (χ0n) is 11.1. The summed E-state index contributed by atoms with van der Waals surface area (Å²) in [4.78, 5) is 23.8. The number of carbonyl (C=O) groups excluding carboxylic acids is 2. The lowest BCUT2D eigenvalue weighted by atomic mass is 10.2. The second-order valence-electron chi connectivity index (χ2n) is 4.64. The molecule has 1 aromatic rings. The summed E-state index contributed by atoms with van der Waals surface area (Å²) in [5.41, 5.74) is 1.46. The first-order valence-electron chi connectivity index (χ1n) is 6.31. The summed E-state index contributed by atoms with van der Waals surface area (Å²) in [5.74, 6) is -0.496. The number of methoxy groups -OCH3 is 1. The maximum absolute atomic E-state index is 11.8. The number of aryl methyl sites for hydroxylation is 1. The SMILES string of the molecule is COC(=O)c1scc(C)c1NC(=O)CCNC1CC1. The highest BCUT2D eigenvalue weighted by Crippen LogP contribution is 2.28. The molecule has 0 saturated heterocycles. The second-order valence-corrected chi connectivity index (χ2v) is 5.52. The number of anilines is 1. The Bertz CT molecular complexity index is 480. The van der Waals surface area contributed by atoms with Crippen LogP contribution in [0.1, 0.15) is 34.5 Å². The van der Waals surface area contributed by atoms with Gasteiger partial charge in [-0.1, -0.05) is 0 Å². The van der Waals surface area contributed by atoms with Gasteiger partial charge >= 0.3 is 5.97 Å². The smallest absolute Gasteiger partial charge is 0.350 e. The number of hydrogen-bond acceptors (Lipinski definition) is 5. The predicted octanol–water partition coefficient (Wildman–Crippen LogP) is 1.92. The van der Waals surface area contributed by atoms with Crippen molar-refractivity contribution in [3.63, 3.8) is 0 Å². The topological polar surface area (TPSA) is 67.4 Å². The summed E-state index contributed by atoms with van der Waals surface area (Å²) >= 11 is 1.28. The number of esters is 1. The molecule has 6 heteroatoms. The molecule has 1 amide bonds. The summed E-state index contributed by atoms with van der Waals surface area (Å²) in [7, 11) is 1.34. The quantitative estimate of drug-likeness (QED) is 0.782. The van der Waals surface area contributed by atoms with Gasteiger partial charge in [-0.05, 0) is 30.7 Å². The third kappa shape index (κ3) is 3.78. The highest BCUT2D eigenvalue weighted by molar-refractivity contribution is 7.12. The minimum atomic E-state index is -0.412. The lowest BCUT2D eigenvalue weighted by Gasteiger charge is -2.07. The number of amides is 1. The first-order chi connectivity index (χ1) is 9.11. The van der Waals surface area contributed by atoms with Crippen molar-refractivity contribution in [2.45, 2.75) is 32.2 Å². The third-order valence-corrected chi connectivity index (χ3v) is 4.05. The molecule has 2 N–H and O–H groups in total. The van der Waals surface area contributed by atoms with Crippen molar-refractivity contribution in [1.82, 2.24) is 5.32 Å². The predicted molar refractivity (Wildman–Crippen MR) is 74.7 cm³/mol. The van der Waals surface area contributed by atoms with Gasteiger partial charge in [0.15, 0.2) is 0 Å². The van der Waals surface area contributed by atoms with Gasteiger partial charge in [0.2, 0.25) is 5.91 Å². The van der Waals surface area contributed by atoms with Crippen LogP contribution in [0.5, 0.6) is 0 Å². The number of nitrogens with one attached hydrogen (secondary N) is 2. The Morgan fingerprint density at radius 1 is 1.47 bits per heavy atom. The van der Waals surface area contributed by atoms with Crippen LogP contribution in [0.4, 0.5) is 5.69 Å². The van der Waals surface area contributed by atoms with Gasteiger partial charge in [0.25, 0.3) is 0 Å². The van der Waals surface area contributed by atoms with Crippen LogP contribution in [-0.4, -0.2) is 31.6 Å². The van der Waals surface area contributed by atoms with Crippen LogP contribution < -0.4 is 10.6 Å². The minimum Gasteiger partial charge on any atom is -0.465 e. The fourth-order valence-corrected chi connectivity index (χ4v) is 2.64. The molecule has 1 saturated carbocycles. The van der Waals surface area contributed by atoms with Gasteiger partial charge in [-0.2, -0.15) is 0 Å². The van der Waals surface area contributed by atoms with Crippen molar-refractivity contribution >= 4 is 28.9 Å². The van der Waals surface area contributed by atoms with E-state index < -0.39 is 5.97 Å². The zero-order valence-corrected chi connectivity index (χ0v) is 11.9. The van der Waals surface area contributed by atoms with Crippen LogP contribution in [0.2, 0.25) is 0 Å².